The van der Waals surface area contributed by atoms with Crippen molar-refractivity contribution in [3.05, 3.63) is 36.2 Å². The van der Waals surface area contributed by atoms with Crippen molar-refractivity contribution in [2.75, 3.05) is 5.73 Å². The number of nitrogens with two attached hydrogens (primary N) is 1. The largest absolute Gasteiger partial charge is 0.383 e. The zero-order chi connectivity index (χ0) is 11.8. The van der Waals surface area contributed by atoms with Gasteiger partial charge in [0.2, 0.25) is 0 Å². The first-order valence-corrected chi connectivity index (χ1v) is 5.15. The molecule has 3 rings (SSSR count). The molecule has 0 fully saturated rings. The standard InChI is InChI=1S/C11H10N6/c1-7-10(12)13-6-14-11(7)17-9-5-3-2-4-8(9)15-16-17/h2-6H,1H3,(H2,12,13,14). The van der Waals surface area contributed by atoms with Gasteiger partial charge < -0.3 is 5.73 Å². The summed E-state index contributed by atoms with van der Waals surface area (Å²) in [6.45, 7) is 1.86. The number of aromatic nitrogens is 5. The summed E-state index contributed by atoms with van der Waals surface area (Å²) >= 11 is 0. The number of hydrogen-bond donors (Lipinski definition) is 1. The zero-order valence-corrected chi connectivity index (χ0v) is 9.20. The highest BCUT2D eigenvalue weighted by molar-refractivity contribution is 5.76. The van der Waals surface area contributed by atoms with Gasteiger partial charge in [-0.25, -0.2) is 9.97 Å². The van der Waals surface area contributed by atoms with Crippen molar-refractivity contribution in [3.8, 4) is 5.82 Å². The topological polar surface area (TPSA) is 82.5 Å². The van der Waals surface area contributed by atoms with Crippen molar-refractivity contribution in [1.82, 2.24) is 25.0 Å². The van der Waals surface area contributed by atoms with Gasteiger partial charge in [0.05, 0.1) is 5.52 Å². The van der Waals surface area contributed by atoms with Crippen LogP contribution in [0.4, 0.5) is 5.82 Å². The highest BCUT2D eigenvalue weighted by atomic mass is 15.4. The number of fused-ring (bicyclic) bond motifs is 1. The van der Waals surface area contributed by atoms with E-state index in [2.05, 4.69) is 20.3 Å². The van der Waals surface area contributed by atoms with E-state index in [1.165, 1.54) is 6.33 Å². The van der Waals surface area contributed by atoms with Crippen molar-refractivity contribution in [1.29, 1.82) is 0 Å². The van der Waals surface area contributed by atoms with Gasteiger partial charge in [-0.2, -0.15) is 4.68 Å². The summed E-state index contributed by atoms with van der Waals surface area (Å²) in [5.74, 6) is 1.11. The van der Waals surface area contributed by atoms with Crippen LogP contribution in [0.15, 0.2) is 30.6 Å². The summed E-state index contributed by atoms with van der Waals surface area (Å²) in [6.07, 6.45) is 1.42. The third kappa shape index (κ3) is 1.42. The summed E-state index contributed by atoms with van der Waals surface area (Å²) in [5, 5.41) is 8.17. The first-order valence-electron chi connectivity index (χ1n) is 5.15. The fourth-order valence-corrected chi connectivity index (χ4v) is 1.69. The van der Waals surface area contributed by atoms with Crippen molar-refractivity contribution >= 4 is 16.9 Å². The van der Waals surface area contributed by atoms with Gasteiger partial charge in [-0.05, 0) is 19.1 Å². The molecule has 2 aromatic heterocycles. The Hall–Kier alpha value is -2.50. The van der Waals surface area contributed by atoms with Crippen LogP contribution in [0.5, 0.6) is 0 Å². The Kier molecular flexibility index (Phi) is 2.01. The van der Waals surface area contributed by atoms with Gasteiger partial charge in [-0.15, -0.1) is 5.10 Å². The average Bonchev–Trinajstić information content (AvgIpc) is 2.77. The third-order valence-corrected chi connectivity index (χ3v) is 2.65. The summed E-state index contributed by atoms with van der Waals surface area (Å²) < 4.78 is 1.67. The number of para-hydroxylation sites is 1. The molecule has 1 aromatic carbocycles. The van der Waals surface area contributed by atoms with Crippen LogP contribution in [0, 0.1) is 6.92 Å². The summed E-state index contributed by atoms with van der Waals surface area (Å²) in [5.41, 5.74) is 8.27. The molecule has 84 valence electrons. The molecule has 0 bridgehead atoms. The molecule has 6 heteroatoms. The van der Waals surface area contributed by atoms with Crippen LogP contribution < -0.4 is 5.73 Å². The molecule has 0 radical (unpaired) electrons. The van der Waals surface area contributed by atoms with Crippen molar-refractivity contribution < 1.29 is 0 Å². The van der Waals surface area contributed by atoms with Crippen LogP contribution in [0.1, 0.15) is 5.56 Å². The van der Waals surface area contributed by atoms with Crippen LogP contribution in [-0.2, 0) is 0 Å². The van der Waals surface area contributed by atoms with Gasteiger partial charge in [0.15, 0.2) is 5.82 Å². The predicted molar refractivity (Wildman–Crippen MR) is 63.6 cm³/mol. The molecule has 17 heavy (non-hydrogen) atoms. The molecule has 0 unspecified atom stereocenters. The molecular formula is C11H10N6. The van der Waals surface area contributed by atoms with E-state index >= 15 is 0 Å². The molecular weight excluding hydrogens is 216 g/mol. The predicted octanol–water partition coefficient (Wildman–Crippen LogP) is 1.10. The number of nitrogens with zero attached hydrogens (tertiary/aromatic N) is 5. The van der Waals surface area contributed by atoms with Gasteiger partial charge in [-0.1, -0.05) is 17.3 Å². The van der Waals surface area contributed by atoms with Crippen molar-refractivity contribution in [3.63, 3.8) is 0 Å². The van der Waals surface area contributed by atoms with Crippen molar-refractivity contribution in [2.45, 2.75) is 6.92 Å². The Morgan fingerprint density at radius 1 is 1.18 bits per heavy atom. The Bertz CT molecular complexity index is 687. The second-order valence-electron chi connectivity index (χ2n) is 3.70. The number of nitrogen functional groups attached to an aromatic ring is 1. The molecule has 0 amide bonds. The van der Waals surface area contributed by atoms with Crippen LogP contribution in [0.2, 0.25) is 0 Å². The lowest BCUT2D eigenvalue weighted by Gasteiger charge is -2.05. The number of benzene rings is 1. The van der Waals surface area contributed by atoms with Crippen molar-refractivity contribution in [2.24, 2.45) is 0 Å². The molecule has 0 aliphatic carbocycles. The van der Waals surface area contributed by atoms with E-state index in [-0.39, 0.29) is 0 Å². The van der Waals surface area contributed by atoms with E-state index in [0.29, 0.717) is 11.6 Å². The van der Waals surface area contributed by atoms with Gasteiger partial charge in [0.1, 0.15) is 17.7 Å². The van der Waals surface area contributed by atoms with Gasteiger partial charge in [0, 0.05) is 5.56 Å². The minimum absolute atomic E-state index is 0.453. The van der Waals surface area contributed by atoms with E-state index in [9.17, 15) is 0 Å². The summed E-state index contributed by atoms with van der Waals surface area (Å²) in [6, 6.07) is 7.69. The number of hydrogen-bond acceptors (Lipinski definition) is 5. The lowest BCUT2D eigenvalue weighted by Crippen LogP contribution is -2.06. The Labute approximate surface area is 97.1 Å². The maximum Gasteiger partial charge on any atom is 0.164 e. The second kappa shape index (κ2) is 3.51. The lowest BCUT2D eigenvalue weighted by molar-refractivity contribution is 0.791. The van der Waals surface area contributed by atoms with E-state index in [1.807, 2.05) is 31.2 Å². The molecule has 0 saturated heterocycles. The summed E-state index contributed by atoms with van der Waals surface area (Å²) in [7, 11) is 0. The molecule has 0 saturated carbocycles. The fraction of sp³-hybridized carbons (Fsp3) is 0.0909. The lowest BCUT2D eigenvalue weighted by atomic mass is 10.3. The molecule has 0 aliphatic rings. The van der Waals surface area contributed by atoms with Crippen LogP contribution in [-0.4, -0.2) is 25.0 Å². The number of anilines is 1. The molecule has 6 nitrogen and oxygen atoms in total. The van der Waals surface area contributed by atoms with Crippen LogP contribution in [0.3, 0.4) is 0 Å². The summed E-state index contributed by atoms with van der Waals surface area (Å²) in [4.78, 5) is 8.14. The minimum atomic E-state index is 0.453. The minimum Gasteiger partial charge on any atom is -0.383 e. The molecule has 0 atom stereocenters. The highest BCUT2D eigenvalue weighted by Crippen LogP contribution is 2.18. The monoisotopic (exact) mass is 226 g/mol. The SMILES string of the molecule is Cc1c(N)ncnc1-n1nnc2ccccc21. The fourth-order valence-electron chi connectivity index (χ4n) is 1.69. The smallest absolute Gasteiger partial charge is 0.164 e. The third-order valence-electron chi connectivity index (χ3n) is 2.65. The van der Waals surface area contributed by atoms with E-state index in [1.54, 1.807) is 4.68 Å². The van der Waals surface area contributed by atoms with E-state index in [4.69, 9.17) is 5.73 Å². The molecule has 2 N–H and O–H groups in total. The van der Waals surface area contributed by atoms with Gasteiger partial charge in [-0.3, -0.25) is 0 Å². The Morgan fingerprint density at radius 3 is 2.88 bits per heavy atom. The Balaban J connectivity index is 2.31. The first kappa shape index (κ1) is 9.71. The van der Waals surface area contributed by atoms with Crippen LogP contribution in [0.25, 0.3) is 16.9 Å². The van der Waals surface area contributed by atoms with Crippen LogP contribution >= 0.6 is 0 Å². The molecule has 2 heterocycles. The molecule has 0 aliphatic heterocycles. The van der Waals surface area contributed by atoms with Gasteiger partial charge in [0.25, 0.3) is 0 Å². The first-order chi connectivity index (χ1) is 8.27. The maximum atomic E-state index is 5.76. The molecule has 0 spiro atoms. The van der Waals surface area contributed by atoms with E-state index in [0.717, 1.165) is 16.6 Å². The highest BCUT2D eigenvalue weighted by Gasteiger charge is 2.11. The molecule has 3 aromatic rings. The van der Waals surface area contributed by atoms with E-state index < -0.39 is 0 Å². The Morgan fingerprint density at radius 2 is 2.00 bits per heavy atom. The average molecular weight is 226 g/mol. The maximum absolute atomic E-state index is 5.76. The quantitative estimate of drug-likeness (QED) is 0.671. The second-order valence-corrected chi connectivity index (χ2v) is 3.70. The van der Waals surface area contributed by atoms with Gasteiger partial charge >= 0.3 is 0 Å². The number of rotatable bonds is 1. The zero-order valence-electron chi connectivity index (χ0n) is 9.20. The normalized spacial score (nSPS) is 10.9.